The van der Waals surface area contributed by atoms with Crippen LogP contribution in [0.4, 0.5) is 13.2 Å². The SMILES string of the molecule is NC(C1=COCCC1)c1ccc(OC(F)(F)F)cc1. The Balaban J connectivity index is 2.07. The maximum Gasteiger partial charge on any atom is 0.573 e. The largest absolute Gasteiger partial charge is 0.573 e. The first-order valence-corrected chi connectivity index (χ1v) is 5.87. The van der Waals surface area contributed by atoms with Gasteiger partial charge in [0.25, 0.3) is 0 Å². The molecule has 1 aromatic carbocycles. The average molecular weight is 273 g/mol. The molecule has 0 aromatic heterocycles. The highest BCUT2D eigenvalue weighted by Gasteiger charge is 2.31. The molecule has 0 aliphatic carbocycles. The Labute approximate surface area is 108 Å². The second-order valence-corrected chi connectivity index (χ2v) is 4.26. The van der Waals surface area contributed by atoms with E-state index in [1.54, 1.807) is 6.26 Å². The number of halogens is 3. The summed E-state index contributed by atoms with van der Waals surface area (Å²) >= 11 is 0. The fourth-order valence-corrected chi connectivity index (χ4v) is 1.90. The van der Waals surface area contributed by atoms with Gasteiger partial charge in [0.05, 0.1) is 18.9 Å². The molecule has 1 aliphatic rings. The number of ether oxygens (including phenoxy) is 2. The zero-order chi connectivity index (χ0) is 13.9. The van der Waals surface area contributed by atoms with Crippen LogP contribution in [-0.2, 0) is 4.74 Å². The molecule has 0 bridgehead atoms. The molecular formula is C13H14F3NO2. The summed E-state index contributed by atoms with van der Waals surface area (Å²) in [5, 5.41) is 0. The number of benzene rings is 1. The Morgan fingerprint density at radius 2 is 1.89 bits per heavy atom. The van der Waals surface area contributed by atoms with Crippen molar-refractivity contribution < 1.29 is 22.6 Å². The van der Waals surface area contributed by atoms with E-state index in [4.69, 9.17) is 10.5 Å². The number of nitrogens with two attached hydrogens (primary N) is 1. The van der Waals surface area contributed by atoms with Crippen molar-refractivity contribution >= 4 is 0 Å². The highest BCUT2D eigenvalue weighted by Crippen LogP contribution is 2.28. The van der Waals surface area contributed by atoms with Gasteiger partial charge in [-0.1, -0.05) is 12.1 Å². The zero-order valence-electron chi connectivity index (χ0n) is 10.1. The smallest absolute Gasteiger partial charge is 0.501 e. The van der Waals surface area contributed by atoms with Gasteiger partial charge in [-0.2, -0.15) is 0 Å². The molecule has 0 fully saturated rings. The van der Waals surface area contributed by atoms with E-state index in [2.05, 4.69) is 4.74 Å². The molecule has 6 heteroatoms. The highest BCUT2D eigenvalue weighted by atomic mass is 19.4. The lowest BCUT2D eigenvalue weighted by molar-refractivity contribution is -0.274. The van der Waals surface area contributed by atoms with E-state index in [1.807, 2.05) is 0 Å². The lowest BCUT2D eigenvalue weighted by Crippen LogP contribution is -2.18. The summed E-state index contributed by atoms with van der Waals surface area (Å²) in [7, 11) is 0. The quantitative estimate of drug-likeness (QED) is 0.919. The molecule has 0 amide bonds. The van der Waals surface area contributed by atoms with Crippen molar-refractivity contribution in [3.63, 3.8) is 0 Å². The number of rotatable bonds is 3. The number of hydrogen-bond donors (Lipinski definition) is 1. The Morgan fingerprint density at radius 3 is 2.42 bits per heavy atom. The highest BCUT2D eigenvalue weighted by molar-refractivity contribution is 5.33. The Morgan fingerprint density at radius 1 is 1.21 bits per heavy atom. The number of hydrogen-bond acceptors (Lipinski definition) is 3. The predicted molar refractivity (Wildman–Crippen MR) is 63.3 cm³/mol. The third-order valence-electron chi connectivity index (χ3n) is 2.83. The van der Waals surface area contributed by atoms with E-state index in [1.165, 1.54) is 24.3 Å². The van der Waals surface area contributed by atoms with E-state index >= 15 is 0 Å². The van der Waals surface area contributed by atoms with Crippen molar-refractivity contribution in [2.45, 2.75) is 25.2 Å². The minimum absolute atomic E-state index is 0.252. The van der Waals surface area contributed by atoms with Crippen LogP contribution in [0.3, 0.4) is 0 Å². The molecule has 0 saturated heterocycles. The molecule has 0 radical (unpaired) electrons. The van der Waals surface area contributed by atoms with Crippen molar-refractivity contribution in [3.05, 3.63) is 41.7 Å². The predicted octanol–water partition coefficient (Wildman–Crippen LogP) is 3.28. The van der Waals surface area contributed by atoms with Gasteiger partial charge in [0.2, 0.25) is 0 Å². The fraction of sp³-hybridized carbons (Fsp3) is 0.385. The van der Waals surface area contributed by atoms with Crippen LogP contribution >= 0.6 is 0 Å². The molecule has 0 saturated carbocycles. The second kappa shape index (κ2) is 5.52. The minimum Gasteiger partial charge on any atom is -0.501 e. The summed E-state index contributed by atoms with van der Waals surface area (Å²) in [5.74, 6) is -0.252. The summed E-state index contributed by atoms with van der Waals surface area (Å²) in [6.45, 7) is 0.675. The molecule has 2 rings (SSSR count). The van der Waals surface area contributed by atoms with E-state index in [0.717, 1.165) is 24.0 Å². The van der Waals surface area contributed by atoms with Crippen LogP contribution in [-0.4, -0.2) is 13.0 Å². The first kappa shape index (κ1) is 13.7. The molecule has 1 unspecified atom stereocenters. The summed E-state index contributed by atoms with van der Waals surface area (Å²) in [6, 6.07) is 5.21. The third-order valence-corrected chi connectivity index (χ3v) is 2.83. The second-order valence-electron chi connectivity index (χ2n) is 4.26. The Bertz CT molecular complexity index is 454. The van der Waals surface area contributed by atoms with Gasteiger partial charge < -0.3 is 15.2 Å². The molecule has 19 heavy (non-hydrogen) atoms. The van der Waals surface area contributed by atoms with E-state index in [0.29, 0.717) is 6.61 Å². The van der Waals surface area contributed by atoms with Gasteiger partial charge in [-0.3, -0.25) is 0 Å². The molecule has 104 valence electrons. The molecular weight excluding hydrogens is 259 g/mol. The van der Waals surface area contributed by atoms with Crippen molar-refractivity contribution in [1.29, 1.82) is 0 Å². The Hall–Kier alpha value is -1.69. The van der Waals surface area contributed by atoms with Crippen LogP contribution in [0.2, 0.25) is 0 Å². The summed E-state index contributed by atoms with van der Waals surface area (Å²) in [5.41, 5.74) is 7.70. The molecule has 1 aromatic rings. The van der Waals surface area contributed by atoms with Crippen molar-refractivity contribution in [2.75, 3.05) is 6.61 Å². The Kier molecular flexibility index (Phi) is 3.99. The van der Waals surface area contributed by atoms with Crippen molar-refractivity contribution in [1.82, 2.24) is 0 Å². The number of alkyl halides is 3. The molecule has 1 aliphatic heterocycles. The average Bonchev–Trinajstić information content (AvgIpc) is 2.38. The topological polar surface area (TPSA) is 44.5 Å². The van der Waals surface area contributed by atoms with Gasteiger partial charge in [-0.05, 0) is 36.1 Å². The van der Waals surface area contributed by atoms with Crippen molar-refractivity contribution in [2.24, 2.45) is 5.73 Å². The summed E-state index contributed by atoms with van der Waals surface area (Å²) < 4.78 is 45.1. The zero-order valence-corrected chi connectivity index (χ0v) is 10.1. The van der Waals surface area contributed by atoms with Gasteiger partial charge >= 0.3 is 6.36 Å². The van der Waals surface area contributed by atoms with Crippen LogP contribution in [0, 0.1) is 0 Å². The van der Waals surface area contributed by atoms with E-state index in [9.17, 15) is 13.2 Å². The standard InChI is InChI=1S/C13H14F3NO2/c14-13(15,16)19-11-5-3-9(4-6-11)12(17)10-2-1-7-18-8-10/h3-6,8,12H,1-2,7,17H2. The molecule has 2 N–H and O–H groups in total. The lowest BCUT2D eigenvalue weighted by atomic mass is 9.96. The minimum atomic E-state index is -4.68. The van der Waals surface area contributed by atoms with Crippen LogP contribution in [0.5, 0.6) is 5.75 Å². The molecule has 3 nitrogen and oxygen atoms in total. The van der Waals surface area contributed by atoms with Gasteiger partial charge in [-0.25, -0.2) is 0 Å². The first-order valence-electron chi connectivity index (χ1n) is 5.87. The van der Waals surface area contributed by atoms with Gasteiger partial charge in [-0.15, -0.1) is 13.2 Å². The van der Waals surface area contributed by atoms with Crippen LogP contribution in [0.25, 0.3) is 0 Å². The maximum atomic E-state index is 12.0. The third kappa shape index (κ3) is 3.89. The van der Waals surface area contributed by atoms with Crippen molar-refractivity contribution in [3.8, 4) is 5.75 Å². The summed E-state index contributed by atoms with van der Waals surface area (Å²) in [4.78, 5) is 0. The van der Waals surface area contributed by atoms with Gasteiger partial charge in [0, 0.05) is 0 Å². The van der Waals surface area contributed by atoms with E-state index in [-0.39, 0.29) is 11.8 Å². The lowest BCUT2D eigenvalue weighted by Gasteiger charge is -2.20. The van der Waals surface area contributed by atoms with Crippen LogP contribution in [0.1, 0.15) is 24.4 Å². The van der Waals surface area contributed by atoms with Crippen LogP contribution < -0.4 is 10.5 Å². The first-order chi connectivity index (χ1) is 8.96. The fourth-order valence-electron chi connectivity index (χ4n) is 1.90. The van der Waals surface area contributed by atoms with Crippen LogP contribution in [0.15, 0.2) is 36.1 Å². The van der Waals surface area contributed by atoms with Gasteiger partial charge in [0.1, 0.15) is 5.75 Å². The molecule has 1 atom stereocenters. The summed E-state index contributed by atoms with van der Waals surface area (Å²) in [6.07, 6.45) is -1.31. The molecule has 0 spiro atoms. The normalized spacial score (nSPS) is 17.4. The monoisotopic (exact) mass is 273 g/mol. The van der Waals surface area contributed by atoms with E-state index < -0.39 is 6.36 Å². The van der Waals surface area contributed by atoms with Gasteiger partial charge in [0.15, 0.2) is 0 Å². The maximum absolute atomic E-state index is 12.0. The molecule has 1 heterocycles.